The summed E-state index contributed by atoms with van der Waals surface area (Å²) in [7, 11) is 3.35. The fourth-order valence-corrected chi connectivity index (χ4v) is 2.30. The summed E-state index contributed by atoms with van der Waals surface area (Å²) >= 11 is 1.53. The van der Waals surface area contributed by atoms with Crippen LogP contribution in [-0.2, 0) is 11.2 Å². The van der Waals surface area contributed by atoms with Gasteiger partial charge in [-0.3, -0.25) is 14.5 Å². The van der Waals surface area contributed by atoms with Crippen molar-refractivity contribution in [2.45, 2.75) is 13.3 Å². The molecule has 0 aliphatic carbocycles. The van der Waals surface area contributed by atoms with Crippen LogP contribution in [-0.4, -0.2) is 43.8 Å². The zero-order chi connectivity index (χ0) is 12.8. The number of ketones is 1. The molecule has 0 unspecified atom stereocenters. The number of nitrogens with zero attached hydrogens (tertiary/aromatic N) is 1. The minimum absolute atomic E-state index is 0.0705. The molecular formula is C12H18N2O2S. The standard InChI is InChI=1S/C12H18N2O2S/c1-4-9-5-6-11(17-9)10(15)7-14(3)8-12(16)13-2/h5-6H,4,7-8H2,1-3H3,(H,13,16). The first-order chi connectivity index (χ1) is 8.06. The first kappa shape index (κ1) is 13.9. The van der Waals surface area contributed by atoms with Crippen molar-refractivity contribution in [2.75, 3.05) is 27.2 Å². The Hall–Kier alpha value is -1.20. The summed E-state index contributed by atoms with van der Waals surface area (Å²) in [5, 5.41) is 2.53. The van der Waals surface area contributed by atoms with Crippen LogP contribution >= 0.6 is 11.3 Å². The molecule has 1 rings (SSSR count). The largest absolute Gasteiger partial charge is 0.358 e. The maximum Gasteiger partial charge on any atom is 0.233 e. The number of carbonyl (C=O) groups excluding carboxylic acids is 2. The maximum absolute atomic E-state index is 11.9. The number of amides is 1. The highest BCUT2D eigenvalue weighted by atomic mass is 32.1. The van der Waals surface area contributed by atoms with E-state index in [9.17, 15) is 9.59 Å². The van der Waals surface area contributed by atoms with Crippen molar-refractivity contribution >= 4 is 23.0 Å². The van der Waals surface area contributed by atoms with Gasteiger partial charge < -0.3 is 5.32 Å². The molecule has 17 heavy (non-hydrogen) atoms. The molecule has 0 aromatic carbocycles. The molecule has 1 aromatic heterocycles. The van der Waals surface area contributed by atoms with Crippen LogP contribution in [0.4, 0.5) is 0 Å². The average Bonchev–Trinajstić information content (AvgIpc) is 2.77. The Morgan fingerprint density at radius 2 is 2.06 bits per heavy atom. The predicted molar refractivity (Wildman–Crippen MR) is 69.6 cm³/mol. The lowest BCUT2D eigenvalue weighted by Gasteiger charge is -2.13. The molecule has 4 nitrogen and oxygen atoms in total. The first-order valence-corrected chi connectivity index (χ1v) is 6.39. The zero-order valence-corrected chi connectivity index (χ0v) is 11.3. The molecule has 0 aliphatic rings. The van der Waals surface area contributed by atoms with E-state index in [-0.39, 0.29) is 24.8 Å². The number of Topliss-reactive ketones (excluding diaryl/α,β-unsaturated/α-hetero) is 1. The highest BCUT2D eigenvalue weighted by molar-refractivity contribution is 7.14. The van der Waals surface area contributed by atoms with E-state index in [4.69, 9.17) is 0 Å². The number of hydrogen-bond acceptors (Lipinski definition) is 4. The number of rotatable bonds is 6. The third-order valence-electron chi connectivity index (χ3n) is 2.39. The lowest BCUT2D eigenvalue weighted by atomic mass is 10.3. The summed E-state index contributed by atoms with van der Waals surface area (Å²) in [6, 6.07) is 3.84. The highest BCUT2D eigenvalue weighted by Crippen LogP contribution is 2.17. The van der Waals surface area contributed by atoms with Crippen LogP contribution in [0, 0.1) is 0 Å². The van der Waals surface area contributed by atoms with Gasteiger partial charge in [0.2, 0.25) is 5.91 Å². The van der Waals surface area contributed by atoms with Crippen LogP contribution in [0.3, 0.4) is 0 Å². The van der Waals surface area contributed by atoms with E-state index >= 15 is 0 Å². The predicted octanol–water partition coefficient (Wildman–Crippen LogP) is 1.17. The zero-order valence-electron chi connectivity index (χ0n) is 10.4. The number of likely N-dealkylation sites (N-methyl/N-ethyl adjacent to an activating group) is 2. The van der Waals surface area contributed by atoms with Crippen LogP contribution in [0.15, 0.2) is 12.1 Å². The molecule has 0 saturated carbocycles. The van der Waals surface area contributed by atoms with Gasteiger partial charge in [-0.25, -0.2) is 0 Å². The lowest BCUT2D eigenvalue weighted by molar-refractivity contribution is -0.121. The Morgan fingerprint density at radius 1 is 1.35 bits per heavy atom. The summed E-state index contributed by atoms with van der Waals surface area (Å²) in [5.41, 5.74) is 0. The van der Waals surface area contributed by atoms with Crippen molar-refractivity contribution in [3.05, 3.63) is 21.9 Å². The summed E-state index contributed by atoms with van der Waals surface area (Å²) in [6.07, 6.45) is 0.950. The number of thiophene rings is 1. The molecule has 0 radical (unpaired) electrons. The van der Waals surface area contributed by atoms with Gasteiger partial charge in [-0.1, -0.05) is 6.92 Å². The normalized spacial score (nSPS) is 10.6. The van der Waals surface area contributed by atoms with Crippen molar-refractivity contribution in [3.8, 4) is 0 Å². The molecular weight excluding hydrogens is 236 g/mol. The minimum Gasteiger partial charge on any atom is -0.358 e. The molecule has 0 aliphatic heterocycles. The summed E-state index contributed by atoms with van der Waals surface area (Å²) in [5.74, 6) is -0.0122. The number of aryl methyl sites for hydroxylation is 1. The van der Waals surface area contributed by atoms with Gasteiger partial charge in [-0.2, -0.15) is 0 Å². The fraction of sp³-hybridized carbons (Fsp3) is 0.500. The maximum atomic E-state index is 11.9. The van der Waals surface area contributed by atoms with Gasteiger partial charge in [0.15, 0.2) is 5.78 Å². The number of hydrogen-bond donors (Lipinski definition) is 1. The number of carbonyl (C=O) groups is 2. The van der Waals surface area contributed by atoms with Gasteiger partial charge in [0.25, 0.3) is 0 Å². The van der Waals surface area contributed by atoms with E-state index in [0.29, 0.717) is 0 Å². The van der Waals surface area contributed by atoms with Crippen molar-refractivity contribution in [1.82, 2.24) is 10.2 Å². The van der Waals surface area contributed by atoms with Crippen LogP contribution in [0.2, 0.25) is 0 Å². The van der Waals surface area contributed by atoms with E-state index < -0.39 is 0 Å². The van der Waals surface area contributed by atoms with Crippen LogP contribution in [0.25, 0.3) is 0 Å². The van der Waals surface area contributed by atoms with Gasteiger partial charge in [0.05, 0.1) is 18.0 Å². The number of nitrogens with one attached hydrogen (secondary N) is 1. The molecule has 5 heteroatoms. The molecule has 0 fully saturated rings. The Morgan fingerprint density at radius 3 is 2.59 bits per heavy atom. The van der Waals surface area contributed by atoms with Gasteiger partial charge in [-0.05, 0) is 25.6 Å². The minimum atomic E-state index is -0.0827. The van der Waals surface area contributed by atoms with E-state index in [0.717, 1.165) is 11.3 Å². The SMILES string of the molecule is CCc1ccc(C(=O)CN(C)CC(=O)NC)s1. The Balaban J connectivity index is 2.51. The second-order valence-corrected chi connectivity index (χ2v) is 5.06. The second-order valence-electron chi connectivity index (χ2n) is 3.89. The molecule has 94 valence electrons. The fourth-order valence-electron chi connectivity index (χ4n) is 1.42. The van der Waals surface area contributed by atoms with Gasteiger partial charge in [-0.15, -0.1) is 11.3 Å². The molecule has 1 aromatic rings. The van der Waals surface area contributed by atoms with Crippen LogP contribution in [0.5, 0.6) is 0 Å². The van der Waals surface area contributed by atoms with Crippen LogP contribution in [0.1, 0.15) is 21.5 Å². The van der Waals surface area contributed by atoms with E-state index in [1.165, 1.54) is 16.2 Å². The molecule has 0 bridgehead atoms. The van der Waals surface area contributed by atoms with Crippen molar-refractivity contribution in [3.63, 3.8) is 0 Å². The van der Waals surface area contributed by atoms with E-state index in [1.807, 2.05) is 12.1 Å². The first-order valence-electron chi connectivity index (χ1n) is 5.57. The van der Waals surface area contributed by atoms with Crippen molar-refractivity contribution in [1.29, 1.82) is 0 Å². The van der Waals surface area contributed by atoms with Gasteiger partial charge in [0.1, 0.15) is 0 Å². The summed E-state index contributed by atoms with van der Waals surface area (Å²) in [6.45, 7) is 2.59. The molecule has 0 spiro atoms. The summed E-state index contributed by atoms with van der Waals surface area (Å²) < 4.78 is 0. The average molecular weight is 254 g/mol. The topological polar surface area (TPSA) is 49.4 Å². The van der Waals surface area contributed by atoms with Crippen molar-refractivity contribution < 1.29 is 9.59 Å². The third kappa shape index (κ3) is 4.28. The van der Waals surface area contributed by atoms with E-state index in [2.05, 4.69) is 12.2 Å². The smallest absolute Gasteiger partial charge is 0.233 e. The monoisotopic (exact) mass is 254 g/mol. The Bertz CT molecular complexity index is 401. The quantitative estimate of drug-likeness (QED) is 0.775. The van der Waals surface area contributed by atoms with E-state index in [1.54, 1.807) is 19.0 Å². The van der Waals surface area contributed by atoms with Crippen LogP contribution < -0.4 is 5.32 Å². The highest BCUT2D eigenvalue weighted by Gasteiger charge is 2.13. The molecule has 0 atom stereocenters. The molecule has 1 amide bonds. The second kappa shape index (κ2) is 6.51. The van der Waals surface area contributed by atoms with Gasteiger partial charge in [0, 0.05) is 11.9 Å². The molecule has 1 heterocycles. The van der Waals surface area contributed by atoms with Gasteiger partial charge >= 0.3 is 0 Å². The lowest BCUT2D eigenvalue weighted by Crippen LogP contribution is -2.35. The summed E-state index contributed by atoms with van der Waals surface area (Å²) in [4.78, 5) is 26.7. The van der Waals surface area contributed by atoms with Crippen molar-refractivity contribution in [2.24, 2.45) is 0 Å². The Kier molecular flexibility index (Phi) is 5.31. The Labute approximate surface area is 106 Å². The molecule has 1 N–H and O–H groups in total. The molecule has 0 saturated heterocycles. The third-order valence-corrected chi connectivity index (χ3v) is 3.66.